The zero-order valence-corrected chi connectivity index (χ0v) is 15.9. The summed E-state index contributed by atoms with van der Waals surface area (Å²) in [7, 11) is 2.08. The third-order valence-electron chi connectivity index (χ3n) is 5.61. The maximum atomic E-state index is 12.8. The third-order valence-corrected chi connectivity index (χ3v) is 6.81. The van der Waals surface area contributed by atoms with Gasteiger partial charge in [-0.3, -0.25) is 4.79 Å². The zero-order valence-electron chi connectivity index (χ0n) is 15.1. The van der Waals surface area contributed by atoms with Crippen molar-refractivity contribution in [1.82, 2.24) is 29.4 Å². The van der Waals surface area contributed by atoms with Crippen LogP contribution in [0, 0.1) is 5.92 Å². The first-order valence-corrected chi connectivity index (χ1v) is 10.0. The first-order chi connectivity index (χ1) is 12.6. The fourth-order valence-corrected chi connectivity index (χ4v) is 5.17. The lowest BCUT2D eigenvalue weighted by atomic mass is 9.89. The summed E-state index contributed by atoms with van der Waals surface area (Å²) in [6.45, 7) is 5.53. The van der Waals surface area contributed by atoms with Gasteiger partial charge in [0.1, 0.15) is 11.2 Å². The lowest BCUT2D eigenvalue weighted by Crippen LogP contribution is -2.47. The van der Waals surface area contributed by atoms with Gasteiger partial charge >= 0.3 is 0 Å². The van der Waals surface area contributed by atoms with Crippen molar-refractivity contribution in [2.75, 3.05) is 33.2 Å². The monoisotopic (exact) mass is 370 g/mol. The standard InChI is InChI=1S/C18H22N6OS/c1-11-3-4-13-12(9-11)14-16-20-15(21-24(16)10-19-17(14)26-13)18(25)23-7-5-22(2)6-8-23/h10-11H,3-9H2,1-2H3/t11-/m1/s1. The first kappa shape index (κ1) is 16.1. The molecule has 0 radical (unpaired) electrons. The van der Waals surface area contributed by atoms with Gasteiger partial charge in [-0.05, 0) is 37.8 Å². The Balaban J connectivity index is 1.58. The molecule has 4 heterocycles. The predicted octanol–water partition coefficient (Wildman–Crippen LogP) is 1.85. The largest absolute Gasteiger partial charge is 0.333 e. The summed E-state index contributed by atoms with van der Waals surface area (Å²) in [6, 6.07) is 0. The Morgan fingerprint density at radius 1 is 1.27 bits per heavy atom. The second-order valence-corrected chi connectivity index (χ2v) is 8.66. The quantitative estimate of drug-likeness (QED) is 0.654. The molecular weight excluding hydrogens is 348 g/mol. The van der Waals surface area contributed by atoms with Crippen LogP contribution < -0.4 is 0 Å². The molecule has 1 amide bonds. The minimum atomic E-state index is -0.0765. The molecule has 1 saturated heterocycles. The number of aryl methyl sites for hydroxylation is 1. The van der Waals surface area contributed by atoms with Crippen molar-refractivity contribution in [2.45, 2.75) is 26.2 Å². The van der Waals surface area contributed by atoms with Crippen molar-refractivity contribution in [2.24, 2.45) is 5.92 Å². The predicted molar refractivity (Wildman–Crippen MR) is 101 cm³/mol. The number of thiophene rings is 1. The van der Waals surface area contributed by atoms with Gasteiger partial charge in [0.05, 0.1) is 5.39 Å². The molecule has 3 aromatic rings. The smallest absolute Gasteiger partial charge is 0.293 e. The molecule has 2 aliphatic rings. The fraction of sp³-hybridized carbons (Fsp3) is 0.556. The molecule has 0 saturated carbocycles. The Labute approximate surface area is 155 Å². The Hall–Kier alpha value is -2.06. The highest BCUT2D eigenvalue weighted by Gasteiger charge is 2.27. The van der Waals surface area contributed by atoms with Gasteiger partial charge in [0, 0.05) is 31.1 Å². The van der Waals surface area contributed by atoms with E-state index in [9.17, 15) is 4.79 Å². The van der Waals surface area contributed by atoms with Gasteiger partial charge in [0.2, 0.25) is 5.82 Å². The van der Waals surface area contributed by atoms with Gasteiger partial charge in [0.25, 0.3) is 5.91 Å². The third kappa shape index (κ3) is 2.51. The molecule has 1 atom stereocenters. The van der Waals surface area contributed by atoms with E-state index < -0.39 is 0 Å². The summed E-state index contributed by atoms with van der Waals surface area (Å²) in [5.41, 5.74) is 2.15. The van der Waals surface area contributed by atoms with E-state index in [2.05, 4.69) is 33.9 Å². The number of piperazine rings is 1. The fourth-order valence-electron chi connectivity index (χ4n) is 3.99. The van der Waals surface area contributed by atoms with Gasteiger partial charge in [-0.25, -0.2) is 14.5 Å². The topological polar surface area (TPSA) is 66.6 Å². The number of fused-ring (bicyclic) bond motifs is 5. The number of aromatic nitrogens is 4. The van der Waals surface area contributed by atoms with Gasteiger partial charge in [-0.2, -0.15) is 0 Å². The van der Waals surface area contributed by atoms with Crippen LogP contribution in [0.3, 0.4) is 0 Å². The van der Waals surface area contributed by atoms with Crippen molar-refractivity contribution < 1.29 is 4.79 Å². The lowest BCUT2D eigenvalue weighted by molar-refractivity contribution is 0.0652. The number of carbonyl (C=O) groups excluding carboxylic acids is 1. The van der Waals surface area contributed by atoms with E-state index in [1.807, 2.05) is 4.90 Å². The highest BCUT2D eigenvalue weighted by atomic mass is 32.1. The number of likely N-dealkylation sites (N-methyl/N-ethyl adjacent to an activating group) is 1. The Kier molecular flexibility index (Phi) is 3.72. The van der Waals surface area contributed by atoms with E-state index in [0.29, 0.717) is 5.92 Å². The molecule has 5 rings (SSSR count). The number of amides is 1. The number of hydrogen-bond donors (Lipinski definition) is 0. The molecule has 8 heteroatoms. The molecule has 0 aromatic carbocycles. The lowest BCUT2D eigenvalue weighted by Gasteiger charge is -2.31. The number of rotatable bonds is 1. The Bertz CT molecular complexity index is 1000. The molecule has 1 aliphatic heterocycles. The maximum Gasteiger partial charge on any atom is 0.293 e. The Morgan fingerprint density at radius 3 is 2.88 bits per heavy atom. The Morgan fingerprint density at radius 2 is 2.08 bits per heavy atom. The SMILES string of the molecule is C[C@@H]1CCc2sc3ncn4nc(C(=O)N5CCN(C)CC5)nc4c3c2C1. The van der Waals surface area contributed by atoms with Crippen LogP contribution in [0.4, 0.5) is 0 Å². The summed E-state index contributed by atoms with van der Waals surface area (Å²) < 4.78 is 1.68. The normalized spacial score (nSPS) is 21.5. The highest BCUT2D eigenvalue weighted by Crippen LogP contribution is 2.38. The van der Waals surface area contributed by atoms with Crippen LogP contribution in [0.25, 0.3) is 15.9 Å². The number of nitrogens with zero attached hydrogens (tertiary/aromatic N) is 6. The van der Waals surface area contributed by atoms with Crippen molar-refractivity contribution in [1.29, 1.82) is 0 Å². The van der Waals surface area contributed by atoms with Gasteiger partial charge in [0.15, 0.2) is 5.65 Å². The van der Waals surface area contributed by atoms with Crippen LogP contribution in [-0.2, 0) is 12.8 Å². The minimum Gasteiger partial charge on any atom is -0.333 e. The summed E-state index contributed by atoms with van der Waals surface area (Å²) in [5, 5.41) is 5.55. The van der Waals surface area contributed by atoms with Crippen LogP contribution >= 0.6 is 11.3 Å². The molecule has 0 unspecified atom stereocenters. The number of hydrogen-bond acceptors (Lipinski definition) is 6. The summed E-state index contributed by atoms with van der Waals surface area (Å²) in [5.74, 6) is 0.884. The molecule has 0 spiro atoms. The van der Waals surface area contributed by atoms with E-state index in [1.165, 1.54) is 16.9 Å². The highest BCUT2D eigenvalue weighted by molar-refractivity contribution is 7.19. The summed E-state index contributed by atoms with van der Waals surface area (Å²) in [6.07, 6.45) is 5.10. The summed E-state index contributed by atoms with van der Waals surface area (Å²) >= 11 is 1.77. The molecule has 26 heavy (non-hydrogen) atoms. The molecule has 136 valence electrons. The second kappa shape index (κ2) is 5.99. The maximum absolute atomic E-state index is 12.8. The molecule has 7 nitrogen and oxygen atoms in total. The van der Waals surface area contributed by atoms with Crippen molar-refractivity contribution in [3.8, 4) is 0 Å². The summed E-state index contributed by atoms with van der Waals surface area (Å²) in [4.78, 5) is 28.6. The van der Waals surface area contributed by atoms with E-state index in [0.717, 1.165) is 54.9 Å². The van der Waals surface area contributed by atoms with Gasteiger partial charge in [-0.1, -0.05) is 6.92 Å². The van der Waals surface area contributed by atoms with Crippen LogP contribution in [-0.4, -0.2) is 68.5 Å². The number of carbonyl (C=O) groups is 1. The van der Waals surface area contributed by atoms with Gasteiger partial charge in [-0.15, -0.1) is 16.4 Å². The van der Waals surface area contributed by atoms with E-state index >= 15 is 0 Å². The minimum absolute atomic E-state index is 0.0765. The van der Waals surface area contributed by atoms with Crippen molar-refractivity contribution in [3.05, 3.63) is 22.6 Å². The van der Waals surface area contributed by atoms with Crippen LogP contribution in [0.1, 0.15) is 34.4 Å². The average Bonchev–Trinajstić information content (AvgIpc) is 3.22. The van der Waals surface area contributed by atoms with Crippen LogP contribution in [0.2, 0.25) is 0 Å². The molecular formula is C18H22N6OS. The average molecular weight is 370 g/mol. The van der Waals surface area contributed by atoms with E-state index in [-0.39, 0.29) is 11.7 Å². The second-order valence-electron chi connectivity index (χ2n) is 7.58. The molecule has 1 aliphatic carbocycles. The van der Waals surface area contributed by atoms with Gasteiger partial charge < -0.3 is 9.80 Å². The molecule has 3 aromatic heterocycles. The van der Waals surface area contributed by atoms with E-state index in [4.69, 9.17) is 0 Å². The van der Waals surface area contributed by atoms with Crippen molar-refractivity contribution in [3.63, 3.8) is 0 Å². The van der Waals surface area contributed by atoms with Crippen LogP contribution in [0.15, 0.2) is 6.33 Å². The molecule has 0 bridgehead atoms. The van der Waals surface area contributed by atoms with Crippen molar-refractivity contribution >= 4 is 33.1 Å². The van der Waals surface area contributed by atoms with Crippen LogP contribution in [0.5, 0.6) is 0 Å². The molecule has 0 N–H and O–H groups in total. The zero-order chi connectivity index (χ0) is 17.8. The molecule has 1 fully saturated rings. The first-order valence-electron chi connectivity index (χ1n) is 9.23. The van der Waals surface area contributed by atoms with E-state index in [1.54, 1.807) is 22.2 Å².